The van der Waals surface area contributed by atoms with Crippen molar-refractivity contribution in [3.8, 4) is 0 Å². The number of thiazole rings is 1. The molecule has 1 aromatic heterocycles. The summed E-state index contributed by atoms with van der Waals surface area (Å²) in [4.78, 5) is 4.46. The second kappa shape index (κ2) is 6.25. The molecule has 1 heterocycles. The van der Waals surface area contributed by atoms with Crippen LogP contribution in [0.1, 0.15) is 0 Å². The first-order valence-electron chi connectivity index (χ1n) is 5.04. The zero-order valence-corrected chi connectivity index (χ0v) is 12.8. The highest BCUT2D eigenvalue weighted by atomic mass is 33.1. The van der Waals surface area contributed by atoms with E-state index in [-0.39, 0.29) is 6.61 Å². The van der Waals surface area contributed by atoms with Gasteiger partial charge in [-0.1, -0.05) is 22.9 Å². The van der Waals surface area contributed by atoms with Gasteiger partial charge in [-0.2, -0.15) is 8.42 Å². The Morgan fingerprint density at radius 3 is 2.89 bits per heavy atom. The van der Waals surface area contributed by atoms with Gasteiger partial charge in [-0.25, -0.2) is 4.98 Å². The van der Waals surface area contributed by atoms with Crippen LogP contribution in [0.5, 0.6) is 0 Å². The van der Waals surface area contributed by atoms with Gasteiger partial charge >= 0.3 is 0 Å². The number of aromatic nitrogens is 1. The standard InChI is InChI=1S/C10H11NO3S4/c1-18(12,13)14-6-7-15-17-10-11-8-4-2-3-5-9(8)16-10/h2-5H,6-7H2,1H3. The van der Waals surface area contributed by atoms with E-state index in [0.29, 0.717) is 5.75 Å². The predicted octanol–water partition coefficient (Wildman–Crippen LogP) is 3.01. The Morgan fingerprint density at radius 1 is 1.39 bits per heavy atom. The largest absolute Gasteiger partial charge is 0.269 e. The third-order valence-corrected chi connectivity index (χ3v) is 6.12. The van der Waals surface area contributed by atoms with E-state index in [1.807, 2.05) is 24.3 Å². The minimum atomic E-state index is -3.33. The van der Waals surface area contributed by atoms with Crippen molar-refractivity contribution in [2.45, 2.75) is 4.34 Å². The molecule has 8 heteroatoms. The van der Waals surface area contributed by atoms with E-state index < -0.39 is 10.1 Å². The Labute approximate surface area is 118 Å². The molecule has 0 amide bonds. The Bertz CT molecular complexity index is 590. The lowest BCUT2D eigenvalue weighted by molar-refractivity contribution is 0.345. The fourth-order valence-corrected chi connectivity index (χ4v) is 4.87. The molecule has 0 aliphatic heterocycles. The number of para-hydroxylation sites is 1. The highest BCUT2D eigenvalue weighted by Gasteiger charge is 2.05. The molecule has 2 rings (SSSR count). The van der Waals surface area contributed by atoms with Crippen molar-refractivity contribution in [1.82, 2.24) is 4.98 Å². The maximum atomic E-state index is 10.7. The van der Waals surface area contributed by atoms with Gasteiger partial charge in [-0.15, -0.1) is 11.3 Å². The molecule has 0 N–H and O–H groups in total. The average Bonchev–Trinajstić information content (AvgIpc) is 2.69. The predicted molar refractivity (Wildman–Crippen MR) is 78.7 cm³/mol. The number of nitrogens with zero attached hydrogens (tertiary/aromatic N) is 1. The Kier molecular flexibility index (Phi) is 4.91. The minimum Gasteiger partial charge on any atom is -0.269 e. The molecule has 0 bridgehead atoms. The molecular weight excluding hydrogens is 310 g/mol. The molecule has 98 valence electrons. The summed E-state index contributed by atoms with van der Waals surface area (Å²) in [6, 6.07) is 7.97. The van der Waals surface area contributed by atoms with Crippen LogP contribution >= 0.6 is 32.9 Å². The fraction of sp³-hybridized carbons (Fsp3) is 0.300. The maximum absolute atomic E-state index is 10.7. The van der Waals surface area contributed by atoms with Crippen LogP contribution in [-0.2, 0) is 14.3 Å². The van der Waals surface area contributed by atoms with Crippen LogP contribution in [0.15, 0.2) is 28.6 Å². The first kappa shape index (κ1) is 14.1. The van der Waals surface area contributed by atoms with E-state index in [2.05, 4.69) is 9.17 Å². The molecule has 0 aliphatic rings. The van der Waals surface area contributed by atoms with Crippen LogP contribution in [0.3, 0.4) is 0 Å². The molecule has 0 aliphatic carbocycles. The van der Waals surface area contributed by atoms with Crippen molar-refractivity contribution >= 4 is 53.3 Å². The average molecular weight is 321 g/mol. The first-order valence-corrected chi connectivity index (χ1v) is 9.99. The summed E-state index contributed by atoms with van der Waals surface area (Å²) in [7, 11) is -0.242. The normalized spacial score (nSPS) is 12.1. The Hall–Kier alpha value is -0.280. The van der Waals surface area contributed by atoms with Gasteiger partial charge in [0.25, 0.3) is 10.1 Å². The zero-order valence-electron chi connectivity index (χ0n) is 9.53. The number of benzene rings is 1. The summed E-state index contributed by atoms with van der Waals surface area (Å²) in [6.45, 7) is 0.196. The fourth-order valence-electron chi connectivity index (χ4n) is 1.20. The third kappa shape index (κ3) is 4.43. The second-order valence-corrected chi connectivity index (χ2v) is 8.72. The van der Waals surface area contributed by atoms with Gasteiger partial charge < -0.3 is 0 Å². The highest BCUT2D eigenvalue weighted by Crippen LogP contribution is 2.36. The van der Waals surface area contributed by atoms with Gasteiger partial charge in [-0.05, 0) is 22.9 Å². The summed E-state index contributed by atoms with van der Waals surface area (Å²) in [6.07, 6.45) is 1.05. The molecule has 0 spiro atoms. The van der Waals surface area contributed by atoms with E-state index >= 15 is 0 Å². The lowest BCUT2D eigenvalue weighted by Gasteiger charge is -1.99. The maximum Gasteiger partial charge on any atom is 0.264 e. The summed E-state index contributed by atoms with van der Waals surface area (Å²) in [5.74, 6) is 0.605. The Morgan fingerprint density at radius 2 is 2.17 bits per heavy atom. The lowest BCUT2D eigenvalue weighted by atomic mass is 10.3. The molecule has 0 radical (unpaired) electrons. The van der Waals surface area contributed by atoms with Crippen molar-refractivity contribution < 1.29 is 12.6 Å². The van der Waals surface area contributed by atoms with Gasteiger partial charge in [-0.3, -0.25) is 4.18 Å². The van der Waals surface area contributed by atoms with Crippen LogP contribution in [-0.4, -0.2) is 32.0 Å². The molecule has 0 saturated heterocycles. The SMILES string of the molecule is CS(=O)(=O)OCCSSc1nc2ccccc2s1. The summed E-state index contributed by atoms with van der Waals surface area (Å²) in [5.41, 5.74) is 0.998. The van der Waals surface area contributed by atoms with Gasteiger partial charge in [0.2, 0.25) is 0 Å². The zero-order chi connectivity index (χ0) is 13.0. The van der Waals surface area contributed by atoms with Crippen LogP contribution < -0.4 is 0 Å². The van der Waals surface area contributed by atoms with Crippen molar-refractivity contribution in [3.05, 3.63) is 24.3 Å². The molecule has 0 unspecified atom stereocenters. The number of rotatable bonds is 6. The Balaban J connectivity index is 1.80. The highest BCUT2D eigenvalue weighted by molar-refractivity contribution is 8.77. The van der Waals surface area contributed by atoms with E-state index in [1.54, 1.807) is 22.1 Å². The molecular formula is C10H11NO3S4. The molecule has 18 heavy (non-hydrogen) atoms. The number of hydrogen-bond acceptors (Lipinski definition) is 7. The van der Waals surface area contributed by atoms with Crippen LogP contribution in [0.4, 0.5) is 0 Å². The van der Waals surface area contributed by atoms with Crippen molar-refractivity contribution in [2.75, 3.05) is 18.6 Å². The number of hydrogen-bond donors (Lipinski definition) is 0. The van der Waals surface area contributed by atoms with Crippen LogP contribution in [0.25, 0.3) is 10.2 Å². The van der Waals surface area contributed by atoms with Crippen molar-refractivity contribution in [2.24, 2.45) is 0 Å². The van der Waals surface area contributed by atoms with Gasteiger partial charge in [0.05, 0.1) is 23.1 Å². The smallest absolute Gasteiger partial charge is 0.264 e. The first-order chi connectivity index (χ1) is 8.54. The number of fused-ring (bicyclic) bond motifs is 1. The molecule has 0 atom stereocenters. The quantitative estimate of drug-likeness (QED) is 0.463. The molecule has 2 aromatic rings. The van der Waals surface area contributed by atoms with E-state index in [1.165, 1.54) is 10.8 Å². The molecule has 0 fully saturated rings. The minimum absolute atomic E-state index is 0.196. The summed E-state index contributed by atoms with van der Waals surface area (Å²) < 4.78 is 28.2. The third-order valence-electron chi connectivity index (χ3n) is 1.87. The van der Waals surface area contributed by atoms with Crippen LogP contribution in [0, 0.1) is 0 Å². The molecule has 0 saturated carbocycles. The van der Waals surface area contributed by atoms with E-state index in [0.717, 1.165) is 20.8 Å². The second-order valence-electron chi connectivity index (χ2n) is 3.38. The van der Waals surface area contributed by atoms with Crippen LogP contribution in [0.2, 0.25) is 0 Å². The molecule has 4 nitrogen and oxygen atoms in total. The monoisotopic (exact) mass is 321 g/mol. The lowest BCUT2D eigenvalue weighted by Crippen LogP contribution is -2.05. The van der Waals surface area contributed by atoms with Crippen molar-refractivity contribution in [3.63, 3.8) is 0 Å². The topological polar surface area (TPSA) is 56.3 Å². The van der Waals surface area contributed by atoms with E-state index in [9.17, 15) is 8.42 Å². The van der Waals surface area contributed by atoms with Crippen molar-refractivity contribution in [1.29, 1.82) is 0 Å². The molecule has 1 aromatic carbocycles. The summed E-state index contributed by atoms with van der Waals surface area (Å²) in [5, 5.41) is 0. The summed E-state index contributed by atoms with van der Waals surface area (Å²) >= 11 is 1.63. The van der Waals surface area contributed by atoms with Gasteiger partial charge in [0.1, 0.15) is 0 Å². The van der Waals surface area contributed by atoms with Gasteiger partial charge in [0.15, 0.2) is 4.34 Å². The van der Waals surface area contributed by atoms with E-state index in [4.69, 9.17) is 0 Å². The van der Waals surface area contributed by atoms with Gasteiger partial charge in [0, 0.05) is 5.75 Å².